The number of nitrogens with zero attached hydrogens (tertiary/aromatic N) is 4. The molecular weight excluding hydrogens is 457 g/mol. The van der Waals surface area contributed by atoms with Crippen molar-refractivity contribution < 1.29 is 4.79 Å². The van der Waals surface area contributed by atoms with E-state index in [1.165, 1.54) is 0 Å². The molecule has 3 heterocycles. The van der Waals surface area contributed by atoms with Crippen molar-refractivity contribution >= 4 is 52.6 Å². The number of pyridine rings is 1. The van der Waals surface area contributed by atoms with Crippen LogP contribution in [0.25, 0.3) is 11.3 Å². The Balaban J connectivity index is 1.59. The van der Waals surface area contributed by atoms with Gasteiger partial charge in [-0.3, -0.25) is 9.20 Å². The van der Waals surface area contributed by atoms with Crippen molar-refractivity contribution in [3.05, 3.63) is 86.0 Å². The summed E-state index contributed by atoms with van der Waals surface area (Å²) in [6.07, 6.45) is 3.26. The number of halogens is 3. The number of hydrazone groups is 1. The van der Waals surface area contributed by atoms with Crippen LogP contribution in [-0.2, 0) is 0 Å². The first-order chi connectivity index (χ1) is 14.8. The number of aromatic nitrogens is 3. The summed E-state index contributed by atoms with van der Waals surface area (Å²) in [4.78, 5) is 17.1. The lowest BCUT2D eigenvalue weighted by Gasteiger charge is -2.10. The Hall–Kier alpha value is -2.80. The SMILES string of the molecule is Cc1nc2ccc(Cl)cn2c1C(=O)N/N=C\c1cc(C)n(-c2ccc(Cl)c(Cl)c2)c1C. The third-order valence-electron chi connectivity index (χ3n) is 4.97. The van der Waals surface area contributed by atoms with Crippen molar-refractivity contribution in [2.75, 3.05) is 0 Å². The van der Waals surface area contributed by atoms with E-state index in [0.29, 0.717) is 32.1 Å². The zero-order chi connectivity index (χ0) is 22.3. The number of carbonyl (C=O) groups is 1. The number of hydrogen-bond acceptors (Lipinski definition) is 3. The maximum absolute atomic E-state index is 12.7. The van der Waals surface area contributed by atoms with Crippen LogP contribution < -0.4 is 5.43 Å². The number of fused-ring (bicyclic) bond motifs is 1. The zero-order valence-corrected chi connectivity index (χ0v) is 19.2. The maximum atomic E-state index is 12.7. The van der Waals surface area contributed by atoms with Crippen molar-refractivity contribution in [1.82, 2.24) is 19.4 Å². The summed E-state index contributed by atoms with van der Waals surface area (Å²) in [6, 6.07) is 10.9. The van der Waals surface area contributed by atoms with E-state index in [4.69, 9.17) is 34.8 Å². The van der Waals surface area contributed by atoms with Gasteiger partial charge in [-0.15, -0.1) is 0 Å². The minimum Gasteiger partial charge on any atom is -0.318 e. The van der Waals surface area contributed by atoms with Crippen molar-refractivity contribution in [3.63, 3.8) is 0 Å². The van der Waals surface area contributed by atoms with Crippen LogP contribution in [0.3, 0.4) is 0 Å². The molecule has 4 aromatic rings. The van der Waals surface area contributed by atoms with Gasteiger partial charge in [0.05, 0.1) is 27.0 Å². The standard InChI is InChI=1S/C22H18Cl3N5O/c1-12-8-15(14(3)30(12)17-5-6-18(24)19(25)9-17)10-26-28-22(31)21-13(2)27-20-7-4-16(23)11-29(20)21/h4-11H,1-3H3,(H,28,31)/b26-10-. The van der Waals surface area contributed by atoms with Gasteiger partial charge in [0.2, 0.25) is 0 Å². The molecule has 3 aromatic heterocycles. The van der Waals surface area contributed by atoms with Crippen LogP contribution in [0.15, 0.2) is 47.7 Å². The van der Waals surface area contributed by atoms with Crippen molar-refractivity contribution in [2.24, 2.45) is 5.10 Å². The number of benzene rings is 1. The molecule has 158 valence electrons. The van der Waals surface area contributed by atoms with E-state index in [9.17, 15) is 4.79 Å². The molecule has 6 nitrogen and oxygen atoms in total. The highest BCUT2D eigenvalue weighted by molar-refractivity contribution is 6.42. The first-order valence-corrected chi connectivity index (χ1v) is 10.5. The third-order valence-corrected chi connectivity index (χ3v) is 5.94. The number of hydrogen-bond donors (Lipinski definition) is 1. The van der Waals surface area contributed by atoms with Crippen LogP contribution in [-0.4, -0.2) is 26.1 Å². The second-order valence-corrected chi connectivity index (χ2v) is 8.33. The Morgan fingerprint density at radius 1 is 1.06 bits per heavy atom. The highest BCUT2D eigenvalue weighted by atomic mass is 35.5. The van der Waals surface area contributed by atoms with E-state index >= 15 is 0 Å². The first-order valence-electron chi connectivity index (χ1n) is 9.38. The molecule has 0 spiro atoms. The zero-order valence-electron chi connectivity index (χ0n) is 16.9. The summed E-state index contributed by atoms with van der Waals surface area (Å²) in [5, 5.41) is 5.65. The molecular formula is C22H18Cl3N5O. The molecule has 0 radical (unpaired) electrons. The molecule has 0 saturated carbocycles. The van der Waals surface area contributed by atoms with Crippen LogP contribution in [0, 0.1) is 20.8 Å². The number of carbonyl (C=O) groups excluding carboxylic acids is 1. The quantitative estimate of drug-likeness (QED) is 0.301. The molecule has 0 aliphatic carbocycles. The van der Waals surface area contributed by atoms with Gasteiger partial charge in [-0.2, -0.15) is 5.10 Å². The lowest BCUT2D eigenvalue weighted by molar-refractivity contribution is 0.0948. The minimum absolute atomic E-state index is 0.373. The number of imidazole rings is 1. The average molecular weight is 475 g/mol. The van der Waals surface area contributed by atoms with Gasteiger partial charge in [0.25, 0.3) is 5.91 Å². The lowest BCUT2D eigenvalue weighted by Crippen LogP contribution is -2.20. The van der Waals surface area contributed by atoms with E-state index in [0.717, 1.165) is 22.6 Å². The molecule has 9 heteroatoms. The normalized spacial score (nSPS) is 11.5. The topological polar surface area (TPSA) is 63.7 Å². The van der Waals surface area contributed by atoms with Crippen molar-refractivity contribution in [1.29, 1.82) is 0 Å². The van der Waals surface area contributed by atoms with Crippen molar-refractivity contribution in [2.45, 2.75) is 20.8 Å². The monoisotopic (exact) mass is 473 g/mol. The van der Waals surface area contributed by atoms with Crippen LogP contribution >= 0.6 is 34.8 Å². The third kappa shape index (κ3) is 4.06. The number of rotatable bonds is 4. The van der Waals surface area contributed by atoms with Gasteiger partial charge in [-0.05, 0) is 57.2 Å². The molecule has 31 heavy (non-hydrogen) atoms. The fourth-order valence-corrected chi connectivity index (χ4v) is 4.02. The molecule has 0 saturated heterocycles. The minimum atomic E-state index is -0.373. The van der Waals surface area contributed by atoms with Crippen molar-refractivity contribution in [3.8, 4) is 5.69 Å². The van der Waals surface area contributed by atoms with E-state index in [1.807, 2.05) is 36.6 Å². The Bertz CT molecular complexity index is 1350. The van der Waals surface area contributed by atoms with E-state index in [1.54, 1.807) is 41.9 Å². The van der Waals surface area contributed by atoms with Crippen LogP contribution in [0.1, 0.15) is 33.1 Å². The summed E-state index contributed by atoms with van der Waals surface area (Å²) < 4.78 is 3.70. The Morgan fingerprint density at radius 2 is 1.84 bits per heavy atom. The molecule has 0 bridgehead atoms. The average Bonchev–Trinajstić information content (AvgIpc) is 3.18. The van der Waals surface area contributed by atoms with E-state index < -0.39 is 0 Å². The second-order valence-electron chi connectivity index (χ2n) is 7.08. The molecule has 0 aliphatic rings. The van der Waals surface area contributed by atoms with Crippen LogP contribution in [0.4, 0.5) is 0 Å². The highest BCUT2D eigenvalue weighted by Gasteiger charge is 2.16. The lowest BCUT2D eigenvalue weighted by atomic mass is 10.2. The summed E-state index contributed by atoms with van der Waals surface area (Å²) >= 11 is 18.3. The molecule has 0 atom stereocenters. The Morgan fingerprint density at radius 3 is 2.58 bits per heavy atom. The molecule has 1 aromatic carbocycles. The highest BCUT2D eigenvalue weighted by Crippen LogP contribution is 2.27. The summed E-state index contributed by atoms with van der Waals surface area (Å²) in [5.41, 5.74) is 7.90. The van der Waals surface area contributed by atoms with E-state index in [2.05, 4.69) is 15.5 Å². The Kier molecular flexibility index (Phi) is 5.79. The Labute approximate surface area is 194 Å². The first kappa shape index (κ1) is 21.4. The largest absolute Gasteiger partial charge is 0.318 e. The molecule has 4 rings (SSSR count). The number of aryl methyl sites for hydroxylation is 2. The maximum Gasteiger partial charge on any atom is 0.290 e. The number of nitrogens with one attached hydrogen (secondary N) is 1. The van der Waals surface area contributed by atoms with Gasteiger partial charge in [-0.1, -0.05) is 34.8 Å². The fourth-order valence-electron chi connectivity index (χ4n) is 3.56. The fraction of sp³-hybridized carbons (Fsp3) is 0.136. The van der Waals surface area contributed by atoms with Crippen LogP contribution in [0.5, 0.6) is 0 Å². The molecule has 0 unspecified atom stereocenters. The van der Waals surface area contributed by atoms with Crippen LogP contribution in [0.2, 0.25) is 15.1 Å². The van der Waals surface area contributed by atoms with Gasteiger partial charge < -0.3 is 4.57 Å². The number of amides is 1. The van der Waals surface area contributed by atoms with Gasteiger partial charge in [0.1, 0.15) is 11.3 Å². The summed E-state index contributed by atoms with van der Waals surface area (Å²) in [6.45, 7) is 5.72. The summed E-state index contributed by atoms with van der Waals surface area (Å²) in [5.74, 6) is -0.373. The molecule has 1 N–H and O–H groups in total. The van der Waals surface area contributed by atoms with Gasteiger partial charge in [0.15, 0.2) is 0 Å². The van der Waals surface area contributed by atoms with Gasteiger partial charge >= 0.3 is 0 Å². The van der Waals surface area contributed by atoms with E-state index in [-0.39, 0.29) is 5.91 Å². The molecule has 1 amide bonds. The van der Waals surface area contributed by atoms with Gasteiger partial charge in [-0.25, -0.2) is 10.4 Å². The predicted molar refractivity (Wildman–Crippen MR) is 125 cm³/mol. The smallest absolute Gasteiger partial charge is 0.290 e. The van der Waals surface area contributed by atoms with Gasteiger partial charge in [0, 0.05) is 28.8 Å². The summed E-state index contributed by atoms with van der Waals surface area (Å²) in [7, 11) is 0. The molecule has 0 aliphatic heterocycles. The molecule has 0 fully saturated rings. The predicted octanol–water partition coefficient (Wildman–Crippen LogP) is 5.77. The second kappa shape index (κ2) is 8.38.